The smallest absolute Gasteiger partial charge is 0.299 e. The van der Waals surface area contributed by atoms with E-state index in [0.29, 0.717) is 59.5 Å². The van der Waals surface area contributed by atoms with Gasteiger partial charge in [0.25, 0.3) is 6.01 Å². The number of halogens is 1. The second-order valence-corrected chi connectivity index (χ2v) is 11.5. The number of likely N-dealkylation sites (N-methyl/N-ethyl adjacent to an activating group) is 1. The topological polar surface area (TPSA) is 118 Å². The van der Waals surface area contributed by atoms with Crippen molar-refractivity contribution in [2.75, 3.05) is 32.6 Å². The molecule has 5 aromatic rings. The summed E-state index contributed by atoms with van der Waals surface area (Å²) in [7, 11) is 3.46. The molecule has 0 bridgehead atoms. The van der Waals surface area contributed by atoms with Crippen LogP contribution in [-0.4, -0.2) is 67.7 Å². The minimum atomic E-state index is -0.476. The Morgan fingerprint density at radius 1 is 1.07 bits per heavy atom. The molecule has 0 atom stereocenters. The van der Waals surface area contributed by atoms with Crippen LogP contribution in [0.5, 0.6) is 11.8 Å². The van der Waals surface area contributed by atoms with E-state index in [0.717, 1.165) is 22.9 Å². The summed E-state index contributed by atoms with van der Waals surface area (Å²) < 4.78 is 21.8. The van der Waals surface area contributed by atoms with Crippen LogP contribution in [0.25, 0.3) is 33.7 Å². The molecule has 11 heteroatoms. The molecule has 6 rings (SSSR count). The molecule has 1 aliphatic heterocycles. The minimum Gasteiger partial charge on any atom is -0.507 e. The van der Waals surface area contributed by atoms with Crippen molar-refractivity contribution in [2.24, 2.45) is 0 Å². The molecule has 2 aromatic carbocycles. The fourth-order valence-electron chi connectivity index (χ4n) is 5.15. The van der Waals surface area contributed by atoms with Crippen molar-refractivity contribution in [3.05, 3.63) is 77.9 Å². The number of pyridine rings is 1. The third-order valence-electron chi connectivity index (χ3n) is 7.46. The maximum absolute atomic E-state index is 14.0. The normalized spacial score (nSPS) is 13.5. The first-order valence-corrected chi connectivity index (χ1v) is 14.0. The molecule has 10 nitrogen and oxygen atoms in total. The number of anilines is 1. The lowest BCUT2D eigenvalue weighted by Gasteiger charge is -2.18. The highest BCUT2D eigenvalue weighted by Crippen LogP contribution is 2.37. The number of imidazole rings is 1. The largest absolute Gasteiger partial charge is 0.507 e. The molecule has 0 aliphatic carbocycles. The van der Waals surface area contributed by atoms with Crippen LogP contribution in [0, 0.1) is 5.82 Å². The molecule has 1 amide bonds. The number of phenolic OH excluding ortho intramolecular Hbond substituents is 1. The van der Waals surface area contributed by atoms with Crippen molar-refractivity contribution in [3.8, 4) is 34.3 Å². The molecule has 0 saturated heterocycles. The van der Waals surface area contributed by atoms with E-state index in [2.05, 4.69) is 15.3 Å². The number of benzene rings is 2. The summed E-state index contributed by atoms with van der Waals surface area (Å²) in [5.41, 5.74) is 4.62. The van der Waals surface area contributed by atoms with Crippen LogP contribution < -0.4 is 10.1 Å². The number of hydrogen-bond donors (Lipinski definition) is 2. The van der Waals surface area contributed by atoms with Crippen LogP contribution >= 0.6 is 0 Å². The van der Waals surface area contributed by atoms with Crippen molar-refractivity contribution in [2.45, 2.75) is 32.2 Å². The third kappa shape index (κ3) is 5.57. The summed E-state index contributed by atoms with van der Waals surface area (Å²) in [5, 5.41) is 14.1. The van der Waals surface area contributed by atoms with Gasteiger partial charge in [0.2, 0.25) is 5.91 Å². The molecular weight excluding hydrogens is 549 g/mol. The Bertz CT molecular complexity index is 1850. The summed E-state index contributed by atoms with van der Waals surface area (Å²) in [6.07, 6.45) is 3.57. The number of fused-ring (bicyclic) bond motifs is 3. The van der Waals surface area contributed by atoms with Crippen LogP contribution in [0.3, 0.4) is 0 Å². The fourth-order valence-corrected chi connectivity index (χ4v) is 5.15. The molecule has 0 radical (unpaired) electrons. The first-order chi connectivity index (χ1) is 20.6. The molecule has 1 aliphatic rings. The van der Waals surface area contributed by atoms with E-state index in [1.54, 1.807) is 25.1 Å². The zero-order valence-corrected chi connectivity index (χ0v) is 24.4. The van der Waals surface area contributed by atoms with E-state index >= 15 is 0 Å². The van der Waals surface area contributed by atoms with Gasteiger partial charge in [-0.2, -0.15) is 4.98 Å². The Kier molecular flexibility index (Phi) is 7.17. The summed E-state index contributed by atoms with van der Waals surface area (Å²) >= 11 is 0. The van der Waals surface area contributed by atoms with E-state index in [1.807, 2.05) is 54.8 Å². The van der Waals surface area contributed by atoms with E-state index < -0.39 is 5.82 Å². The van der Waals surface area contributed by atoms with Crippen molar-refractivity contribution in [3.63, 3.8) is 0 Å². The molecule has 4 heterocycles. The standard InChI is InChI=1S/C32H32FN7O3/c1-32(2)18-43-31-36-27-29(37-28(38-30(27)40(31)32)22-15-23(33)17-34-16-22)35-11-10-19-8-9-25(41)24(13-19)21-7-5-6-20(12-21)14-26(42)39(3)4/h5-9,12-13,15-17,41H,10-11,14,18H2,1-4H3,(H,35,37,38). The van der Waals surface area contributed by atoms with Gasteiger partial charge in [0.05, 0.1) is 18.2 Å². The maximum Gasteiger partial charge on any atom is 0.299 e. The lowest BCUT2D eigenvalue weighted by atomic mass is 9.98. The molecular formula is C32H32FN7O3. The van der Waals surface area contributed by atoms with Gasteiger partial charge in [-0.3, -0.25) is 14.3 Å². The molecule has 0 fully saturated rings. The predicted molar refractivity (Wildman–Crippen MR) is 161 cm³/mol. The Morgan fingerprint density at radius 3 is 2.70 bits per heavy atom. The van der Waals surface area contributed by atoms with Crippen LogP contribution in [-0.2, 0) is 23.2 Å². The summed E-state index contributed by atoms with van der Waals surface area (Å²) in [5.74, 6) is 0.523. The number of carbonyl (C=O) groups is 1. The number of ether oxygens (including phenoxy) is 1. The maximum atomic E-state index is 14.0. The van der Waals surface area contributed by atoms with Crippen LogP contribution in [0.2, 0.25) is 0 Å². The second-order valence-electron chi connectivity index (χ2n) is 11.5. The molecule has 3 aromatic heterocycles. The highest BCUT2D eigenvalue weighted by Gasteiger charge is 2.36. The lowest BCUT2D eigenvalue weighted by molar-refractivity contribution is -0.127. The number of nitrogens with zero attached hydrogens (tertiary/aromatic N) is 6. The van der Waals surface area contributed by atoms with E-state index in [-0.39, 0.29) is 23.6 Å². The van der Waals surface area contributed by atoms with Crippen molar-refractivity contribution in [1.82, 2.24) is 29.4 Å². The average molecular weight is 582 g/mol. The van der Waals surface area contributed by atoms with Crippen LogP contribution in [0.15, 0.2) is 60.9 Å². The highest BCUT2D eigenvalue weighted by atomic mass is 19.1. The van der Waals surface area contributed by atoms with Gasteiger partial charge < -0.3 is 20.1 Å². The zero-order valence-electron chi connectivity index (χ0n) is 24.4. The van der Waals surface area contributed by atoms with Gasteiger partial charge in [-0.25, -0.2) is 14.4 Å². The summed E-state index contributed by atoms with van der Waals surface area (Å²) in [4.78, 5) is 31.9. The monoisotopic (exact) mass is 581 g/mol. The Morgan fingerprint density at radius 2 is 1.91 bits per heavy atom. The Balaban J connectivity index is 1.27. The average Bonchev–Trinajstić information content (AvgIpc) is 3.51. The molecule has 0 unspecified atom stereocenters. The van der Waals surface area contributed by atoms with Crippen LogP contribution in [0.4, 0.5) is 10.2 Å². The van der Waals surface area contributed by atoms with Crippen molar-refractivity contribution in [1.29, 1.82) is 0 Å². The Labute approximate surface area is 248 Å². The molecule has 220 valence electrons. The number of phenols is 1. The Hall–Kier alpha value is -5.06. The highest BCUT2D eigenvalue weighted by molar-refractivity contribution is 5.86. The predicted octanol–water partition coefficient (Wildman–Crippen LogP) is 4.81. The number of carbonyl (C=O) groups excluding carboxylic acids is 1. The minimum absolute atomic E-state index is 0.00918. The van der Waals surface area contributed by atoms with Gasteiger partial charge in [-0.15, -0.1) is 0 Å². The first kappa shape index (κ1) is 28.1. The van der Waals surface area contributed by atoms with E-state index in [1.165, 1.54) is 12.3 Å². The third-order valence-corrected chi connectivity index (χ3v) is 7.46. The van der Waals surface area contributed by atoms with E-state index in [9.17, 15) is 14.3 Å². The number of nitrogens with one attached hydrogen (secondary N) is 1. The summed E-state index contributed by atoms with van der Waals surface area (Å²) in [6, 6.07) is 15.0. The fraction of sp³-hybridized carbons (Fsp3) is 0.281. The zero-order chi connectivity index (χ0) is 30.3. The second kappa shape index (κ2) is 11.0. The first-order valence-electron chi connectivity index (χ1n) is 14.0. The van der Waals surface area contributed by atoms with Gasteiger partial charge in [-0.05, 0) is 55.2 Å². The quantitative estimate of drug-likeness (QED) is 0.268. The number of aromatic hydroxyl groups is 1. The van der Waals surface area contributed by atoms with Crippen molar-refractivity contribution < 1.29 is 19.0 Å². The van der Waals surface area contributed by atoms with Crippen molar-refractivity contribution >= 4 is 22.9 Å². The van der Waals surface area contributed by atoms with Gasteiger partial charge in [-0.1, -0.05) is 30.3 Å². The SMILES string of the molecule is CN(C)C(=O)Cc1cccc(-c2cc(CCNc3nc(-c4cncc(F)c4)nc4c3nc3n4C(C)(C)CO3)ccc2O)c1. The number of hydrogen-bond acceptors (Lipinski definition) is 8. The summed E-state index contributed by atoms with van der Waals surface area (Å²) in [6.45, 7) is 5.05. The number of amides is 1. The van der Waals surface area contributed by atoms with Gasteiger partial charge in [0.15, 0.2) is 22.8 Å². The lowest BCUT2D eigenvalue weighted by Crippen LogP contribution is -2.25. The van der Waals surface area contributed by atoms with Crippen LogP contribution in [0.1, 0.15) is 25.0 Å². The van der Waals surface area contributed by atoms with Gasteiger partial charge >= 0.3 is 0 Å². The molecule has 0 saturated carbocycles. The molecule has 43 heavy (non-hydrogen) atoms. The molecule has 0 spiro atoms. The van der Waals surface area contributed by atoms with Gasteiger partial charge in [0.1, 0.15) is 18.2 Å². The van der Waals surface area contributed by atoms with E-state index in [4.69, 9.17) is 14.7 Å². The number of aromatic nitrogens is 5. The number of rotatable bonds is 8. The molecule has 2 N–H and O–H groups in total. The van der Waals surface area contributed by atoms with Gasteiger partial charge in [0, 0.05) is 38.0 Å².